The van der Waals surface area contributed by atoms with Crippen molar-refractivity contribution >= 4 is 37.3 Å². The highest BCUT2D eigenvalue weighted by Crippen LogP contribution is 2.27. The number of nitrogens with one attached hydrogen (secondary N) is 2. The molecule has 0 aliphatic rings. The first-order chi connectivity index (χ1) is 9.83. The molecular formula is C13H17BrN2O3S2. The summed E-state index contributed by atoms with van der Waals surface area (Å²) in [4.78, 5) is 2.31. The van der Waals surface area contributed by atoms with Crippen LogP contribution < -0.4 is 10.0 Å². The topological polar surface area (TPSA) is 71.3 Å². The van der Waals surface area contributed by atoms with Gasteiger partial charge in [0.1, 0.15) is 10.7 Å². The highest BCUT2D eigenvalue weighted by molar-refractivity contribution is 9.10. The molecule has 0 aliphatic heterocycles. The van der Waals surface area contributed by atoms with Crippen LogP contribution >= 0.6 is 27.3 Å². The lowest BCUT2D eigenvalue weighted by Crippen LogP contribution is -2.22. The van der Waals surface area contributed by atoms with Crippen LogP contribution in [0.1, 0.15) is 21.1 Å². The molecule has 2 N–H and O–H groups in total. The van der Waals surface area contributed by atoms with Gasteiger partial charge in [-0.15, -0.1) is 11.3 Å². The number of hydrogen-bond donors (Lipinski definition) is 2. The molecule has 0 fully saturated rings. The molecule has 0 unspecified atom stereocenters. The van der Waals surface area contributed by atoms with Crippen molar-refractivity contribution in [2.45, 2.75) is 31.8 Å². The molecule has 0 aliphatic carbocycles. The summed E-state index contributed by atoms with van der Waals surface area (Å²) >= 11 is 4.75. The molecule has 0 spiro atoms. The van der Waals surface area contributed by atoms with E-state index < -0.39 is 10.0 Å². The third-order valence-corrected chi connectivity index (χ3v) is 6.41. The number of sulfonamides is 1. The first kappa shape index (κ1) is 16.7. The van der Waals surface area contributed by atoms with E-state index in [-0.39, 0.29) is 16.1 Å². The Morgan fingerprint density at radius 3 is 2.57 bits per heavy atom. The predicted octanol–water partition coefficient (Wildman–Crippen LogP) is 2.92. The Labute approximate surface area is 136 Å². The van der Waals surface area contributed by atoms with Crippen LogP contribution in [0.25, 0.3) is 0 Å². The second kappa shape index (κ2) is 6.62. The Kier molecular flexibility index (Phi) is 5.26. The van der Waals surface area contributed by atoms with E-state index in [1.807, 2.05) is 19.9 Å². The summed E-state index contributed by atoms with van der Waals surface area (Å²) < 4.78 is 32.8. The molecule has 0 atom stereocenters. The summed E-state index contributed by atoms with van der Waals surface area (Å²) in [6, 6.07) is 3.52. The molecule has 0 amide bonds. The first-order valence-electron chi connectivity index (χ1n) is 6.32. The van der Waals surface area contributed by atoms with Gasteiger partial charge in [-0.2, -0.15) is 0 Å². The van der Waals surface area contributed by atoms with Crippen molar-refractivity contribution in [1.29, 1.82) is 0 Å². The lowest BCUT2D eigenvalue weighted by Gasteiger charge is -2.03. The summed E-state index contributed by atoms with van der Waals surface area (Å²) in [5, 5.41) is 2.91. The van der Waals surface area contributed by atoms with Gasteiger partial charge in [-0.1, -0.05) is 0 Å². The van der Waals surface area contributed by atoms with Crippen molar-refractivity contribution in [3.05, 3.63) is 37.9 Å². The van der Waals surface area contributed by atoms with Gasteiger partial charge in [-0.05, 0) is 48.5 Å². The monoisotopic (exact) mass is 392 g/mol. The minimum atomic E-state index is -3.60. The number of hydrogen-bond acceptors (Lipinski definition) is 5. The Bertz CT molecular complexity index is 715. The van der Waals surface area contributed by atoms with Crippen molar-refractivity contribution in [2.24, 2.45) is 0 Å². The van der Waals surface area contributed by atoms with Gasteiger partial charge in [-0.25, -0.2) is 13.1 Å². The fourth-order valence-corrected chi connectivity index (χ4v) is 4.91. The average molecular weight is 393 g/mol. The minimum Gasteiger partial charge on any atom is -0.452 e. The maximum atomic E-state index is 12.3. The fraction of sp³-hybridized carbons (Fsp3) is 0.385. The van der Waals surface area contributed by atoms with E-state index in [0.717, 1.165) is 4.88 Å². The van der Waals surface area contributed by atoms with Gasteiger partial charge in [0.2, 0.25) is 10.0 Å². The molecule has 2 aromatic rings. The smallest absolute Gasteiger partial charge is 0.245 e. The van der Waals surface area contributed by atoms with Crippen molar-refractivity contribution in [3.8, 4) is 0 Å². The number of aryl methyl sites for hydroxylation is 2. The summed E-state index contributed by atoms with van der Waals surface area (Å²) in [5.74, 6) is 0.563. The molecule has 2 heterocycles. The van der Waals surface area contributed by atoms with Gasteiger partial charge in [0.15, 0.2) is 4.67 Å². The zero-order valence-corrected chi connectivity index (χ0v) is 15.2. The molecule has 2 rings (SSSR count). The van der Waals surface area contributed by atoms with Crippen LogP contribution in [-0.4, -0.2) is 15.5 Å². The van der Waals surface area contributed by atoms with Gasteiger partial charge in [-0.3, -0.25) is 0 Å². The van der Waals surface area contributed by atoms with Crippen LogP contribution in [0.15, 0.2) is 26.1 Å². The average Bonchev–Trinajstić information content (AvgIpc) is 2.92. The fourth-order valence-electron chi connectivity index (χ4n) is 1.82. The summed E-state index contributed by atoms with van der Waals surface area (Å²) in [6.45, 7) is 4.79. The molecular weight excluding hydrogens is 376 g/mol. The lowest BCUT2D eigenvalue weighted by atomic mass is 10.3. The largest absolute Gasteiger partial charge is 0.452 e. The molecule has 0 radical (unpaired) electrons. The van der Waals surface area contributed by atoms with E-state index in [4.69, 9.17) is 4.42 Å². The molecule has 2 aromatic heterocycles. The van der Waals surface area contributed by atoms with E-state index in [9.17, 15) is 8.42 Å². The number of rotatable bonds is 6. The van der Waals surface area contributed by atoms with Crippen molar-refractivity contribution < 1.29 is 12.8 Å². The second-order valence-corrected chi connectivity index (χ2v) is 8.45. The molecule has 8 heteroatoms. The Morgan fingerprint density at radius 1 is 1.29 bits per heavy atom. The van der Waals surface area contributed by atoms with E-state index in [1.54, 1.807) is 18.4 Å². The Morgan fingerprint density at radius 2 is 2.00 bits per heavy atom. The first-order valence-corrected chi connectivity index (χ1v) is 9.41. The number of thiophene rings is 1. The molecule has 116 valence electrons. The third kappa shape index (κ3) is 3.95. The SMILES string of the molecule is CNCc1cc(S(=O)(=O)NCc2cc(C)c(C)s2)c(Br)o1. The zero-order chi connectivity index (χ0) is 15.6. The third-order valence-electron chi connectivity index (χ3n) is 3.00. The van der Waals surface area contributed by atoms with Crippen LogP contribution in [0.2, 0.25) is 0 Å². The normalized spacial score (nSPS) is 12.0. The zero-order valence-electron chi connectivity index (χ0n) is 12.0. The Hall–Kier alpha value is -0.670. The van der Waals surface area contributed by atoms with Crippen molar-refractivity contribution in [3.63, 3.8) is 0 Å². The van der Waals surface area contributed by atoms with Crippen LogP contribution in [0.4, 0.5) is 0 Å². The summed E-state index contributed by atoms with van der Waals surface area (Å²) in [7, 11) is -1.83. The molecule has 5 nitrogen and oxygen atoms in total. The standard InChI is InChI=1S/C13H17BrN2O3S2/c1-8-4-11(20-9(8)2)7-16-21(17,18)12-5-10(6-15-3)19-13(12)14/h4-5,15-16H,6-7H2,1-3H3. The second-order valence-electron chi connectivity index (χ2n) is 4.66. The maximum Gasteiger partial charge on any atom is 0.245 e. The Balaban J connectivity index is 2.14. The van der Waals surface area contributed by atoms with Crippen LogP contribution in [0.5, 0.6) is 0 Å². The van der Waals surface area contributed by atoms with Gasteiger partial charge in [0, 0.05) is 22.4 Å². The van der Waals surface area contributed by atoms with Gasteiger partial charge >= 0.3 is 0 Å². The minimum absolute atomic E-state index is 0.123. The van der Waals surface area contributed by atoms with E-state index >= 15 is 0 Å². The van der Waals surface area contributed by atoms with E-state index in [2.05, 4.69) is 26.0 Å². The predicted molar refractivity (Wildman–Crippen MR) is 87.0 cm³/mol. The van der Waals surface area contributed by atoms with Gasteiger partial charge < -0.3 is 9.73 Å². The van der Waals surface area contributed by atoms with Gasteiger partial charge in [0.05, 0.1) is 6.54 Å². The van der Waals surface area contributed by atoms with Crippen molar-refractivity contribution in [1.82, 2.24) is 10.0 Å². The molecule has 21 heavy (non-hydrogen) atoms. The summed E-state index contributed by atoms with van der Waals surface area (Å²) in [6.07, 6.45) is 0. The maximum absolute atomic E-state index is 12.3. The quantitative estimate of drug-likeness (QED) is 0.792. The van der Waals surface area contributed by atoms with Crippen molar-refractivity contribution in [2.75, 3.05) is 7.05 Å². The molecule has 0 saturated carbocycles. The van der Waals surface area contributed by atoms with Crippen LogP contribution in [-0.2, 0) is 23.1 Å². The van der Waals surface area contributed by atoms with Crippen LogP contribution in [0.3, 0.4) is 0 Å². The van der Waals surface area contributed by atoms with E-state index in [0.29, 0.717) is 12.3 Å². The molecule has 0 saturated heterocycles. The molecule has 0 aromatic carbocycles. The number of furan rings is 1. The molecule has 0 bridgehead atoms. The number of halogens is 1. The van der Waals surface area contributed by atoms with E-state index in [1.165, 1.54) is 16.5 Å². The van der Waals surface area contributed by atoms with Gasteiger partial charge in [0.25, 0.3) is 0 Å². The highest BCUT2D eigenvalue weighted by Gasteiger charge is 2.22. The summed E-state index contributed by atoms with van der Waals surface area (Å²) in [5.41, 5.74) is 1.18. The lowest BCUT2D eigenvalue weighted by molar-refractivity contribution is 0.470. The highest BCUT2D eigenvalue weighted by atomic mass is 79.9. The van der Waals surface area contributed by atoms with Crippen LogP contribution in [0, 0.1) is 13.8 Å².